The van der Waals surface area contributed by atoms with Gasteiger partial charge in [-0.15, -0.1) is 0 Å². The van der Waals surface area contributed by atoms with E-state index < -0.39 is 11.9 Å². The Kier molecular flexibility index (Phi) is 8.11. The van der Waals surface area contributed by atoms with Crippen LogP contribution in [0.3, 0.4) is 0 Å². The van der Waals surface area contributed by atoms with Gasteiger partial charge in [0.05, 0.1) is 12.8 Å². The van der Waals surface area contributed by atoms with Crippen LogP contribution in [0.25, 0.3) is 0 Å². The Morgan fingerprint density at radius 1 is 0.821 bits per heavy atom. The van der Waals surface area contributed by atoms with Gasteiger partial charge >= 0.3 is 11.9 Å². The maximum Gasteiger partial charge on any atom is 0.306 e. The molecule has 3 N–H and O–H groups in total. The third-order valence-electron chi connectivity index (χ3n) is 5.27. The fraction of sp³-hybridized carbons (Fsp3) is 0.909. The van der Waals surface area contributed by atoms with Crippen LogP contribution in [0.5, 0.6) is 0 Å². The summed E-state index contributed by atoms with van der Waals surface area (Å²) in [5, 5.41) is 15.6. The fourth-order valence-corrected chi connectivity index (χ4v) is 4.78. The molecule has 0 unspecified atom stereocenters. The van der Waals surface area contributed by atoms with E-state index >= 15 is 0 Å². The third-order valence-corrected chi connectivity index (χ3v) is 5.27. The molecule has 0 amide bonds. The summed E-state index contributed by atoms with van der Waals surface area (Å²) in [4.78, 5) is 21.9. The molecule has 28 heavy (non-hydrogen) atoms. The SMILES string of the molecule is CC1(C)CC(OC(=O)CCC(=O)O)CC(C)(C)N1.CC1(C)CCCC(C)(C)N1. The first kappa shape index (κ1) is 24.9. The van der Waals surface area contributed by atoms with Gasteiger partial charge in [0.1, 0.15) is 6.10 Å². The van der Waals surface area contributed by atoms with Gasteiger partial charge in [-0.3, -0.25) is 9.59 Å². The monoisotopic (exact) mass is 398 g/mol. The molecule has 0 aromatic rings. The summed E-state index contributed by atoms with van der Waals surface area (Å²) in [7, 11) is 0. The van der Waals surface area contributed by atoms with Gasteiger partial charge in [-0.1, -0.05) is 0 Å². The van der Waals surface area contributed by atoms with Crippen LogP contribution in [-0.4, -0.2) is 45.3 Å². The van der Waals surface area contributed by atoms with Gasteiger partial charge in [0.15, 0.2) is 0 Å². The second-order valence-corrected chi connectivity index (χ2v) is 11.1. The van der Waals surface area contributed by atoms with Gasteiger partial charge in [-0.05, 0) is 74.7 Å². The van der Waals surface area contributed by atoms with Crippen LogP contribution in [0.2, 0.25) is 0 Å². The van der Waals surface area contributed by atoms with Crippen molar-refractivity contribution in [3.8, 4) is 0 Å². The molecule has 2 fully saturated rings. The van der Waals surface area contributed by atoms with Crippen LogP contribution in [0.4, 0.5) is 0 Å². The summed E-state index contributed by atoms with van der Waals surface area (Å²) in [5.74, 6) is -1.39. The number of carboxylic acid groups (broad SMARTS) is 1. The summed E-state index contributed by atoms with van der Waals surface area (Å²) < 4.78 is 5.37. The molecule has 2 heterocycles. The number of rotatable bonds is 4. The molecule has 0 aliphatic carbocycles. The maximum absolute atomic E-state index is 11.5. The van der Waals surface area contributed by atoms with Gasteiger partial charge in [0.25, 0.3) is 0 Å². The van der Waals surface area contributed by atoms with E-state index in [-0.39, 0.29) is 30.0 Å². The second-order valence-electron chi connectivity index (χ2n) is 11.1. The highest BCUT2D eigenvalue weighted by atomic mass is 16.5. The zero-order valence-corrected chi connectivity index (χ0v) is 19.2. The van der Waals surface area contributed by atoms with E-state index in [1.54, 1.807) is 0 Å². The molecule has 2 aliphatic rings. The summed E-state index contributed by atoms with van der Waals surface area (Å²) in [6, 6.07) is 0. The normalized spacial score (nSPS) is 25.1. The third kappa shape index (κ3) is 9.87. The van der Waals surface area contributed by atoms with Crippen molar-refractivity contribution in [3.63, 3.8) is 0 Å². The van der Waals surface area contributed by atoms with E-state index in [2.05, 4.69) is 66.0 Å². The molecule has 6 nitrogen and oxygen atoms in total. The summed E-state index contributed by atoms with van der Waals surface area (Å²) in [6.45, 7) is 17.4. The number of esters is 1. The molecule has 2 saturated heterocycles. The highest BCUT2D eigenvalue weighted by molar-refractivity contribution is 5.76. The van der Waals surface area contributed by atoms with Crippen LogP contribution >= 0.6 is 0 Å². The fourth-order valence-electron chi connectivity index (χ4n) is 4.78. The molecule has 6 heteroatoms. The number of hydrogen-bond acceptors (Lipinski definition) is 5. The highest BCUT2D eigenvalue weighted by Gasteiger charge is 2.39. The Labute approximate surface area is 171 Å². The lowest BCUT2D eigenvalue weighted by Crippen LogP contribution is -2.59. The van der Waals surface area contributed by atoms with Crippen molar-refractivity contribution in [2.75, 3.05) is 0 Å². The van der Waals surface area contributed by atoms with Crippen molar-refractivity contribution in [3.05, 3.63) is 0 Å². The quantitative estimate of drug-likeness (QED) is 0.620. The van der Waals surface area contributed by atoms with Gasteiger partial charge in [0.2, 0.25) is 0 Å². The summed E-state index contributed by atoms with van der Waals surface area (Å²) in [5.41, 5.74) is 0.558. The van der Waals surface area contributed by atoms with Gasteiger partial charge in [0, 0.05) is 35.0 Å². The minimum absolute atomic E-state index is 0.0554. The van der Waals surface area contributed by atoms with Crippen molar-refractivity contribution in [2.24, 2.45) is 0 Å². The lowest BCUT2D eigenvalue weighted by atomic mass is 9.81. The number of nitrogens with one attached hydrogen (secondary N) is 2. The lowest BCUT2D eigenvalue weighted by Gasteiger charge is -2.45. The first-order valence-electron chi connectivity index (χ1n) is 10.5. The van der Waals surface area contributed by atoms with Crippen LogP contribution in [0.1, 0.15) is 100 Å². The van der Waals surface area contributed by atoms with Gasteiger partial charge < -0.3 is 20.5 Å². The minimum atomic E-state index is -0.974. The maximum atomic E-state index is 11.5. The molecule has 0 aromatic heterocycles. The Morgan fingerprint density at radius 2 is 1.25 bits per heavy atom. The number of carboxylic acids is 1. The van der Waals surface area contributed by atoms with E-state index in [1.165, 1.54) is 19.3 Å². The second kappa shape index (κ2) is 9.12. The van der Waals surface area contributed by atoms with E-state index in [1.807, 2.05) is 0 Å². The first-order valence-corrected chi connectivity index (χ1v) is 10.5. The predicted molar refractivity (Wildman–Crippen MR) is 112 cm³/mol. The van der Waals surface area contributed by atoms with Crippen LogP contribution in [0, 0.1) is 0 Å². The van der Waals surface area contributed by atoms with Crippen LogP contribution in [0.15, 0.2) is 0 Å². The molecule has 0 bridgehead atoms. The molecular weight excluding hydrogens is 356 g/mol. The van der Waals surface area contributed by atoms with Crippen molar-refractivity contribution < 1.29 is 19.4 Å². The Bertz CT molecular complexity index is 523. The first-order chi connectivity index (χ1) is 12.5. The average molecular weight is 399 g/mol. The van der Waals surface area contributed by atoms with Gasteiger partial charge in [-0.2, -0.15) is 0 Å². The van der Waals surface area contributed by atoms with Crippen LogP contribution in [-0.2, 0) is 14.3 Å². The largest absolute Gasteiger partial charge is 0.481 e. The van der Waals surface area contributed by atoms with E-state index in [4.69, 9.17) is 9.84 Å². The Hall–Kier alpha value is -1.14. The van der Waals surface area contributed by atoms with E-state index in [0.717, 1.165) is 12.8 Å². The van der Waals surface area contributed by atoms with E-state index in [9.17, 15) is 9.59 Å². The summed E-state index contributed by atoms with van der Waals surface area (Å²) >= 11 is 0. The number of carbonyl (C=O) groups excluding carboxylic acids is 1. The molecule has 164 valence electrons. The zero-order valence-electron chi connectivity index (χ0n) is 19.2. The molecular formula is C22H42N2O4. The molecule has 0 aromatic carbocycles. The molecule has 0 radical (unpaired) electrons. The number of hydrogen-bond donors (Lipinski definition) is 3. The smallest absolute Gasteiger partial charge is 0.306 e. The number of aliphatic carboxylic acids is 1. The Morgan fingerprint density at radius 3 is 1.61 bits per heavy atom. The van der Waals surface area contributed by atoms with E-state index in [0.29, 0.717) is 11.1 Å². The standard InChI is InChI=1S/C13H23NO4.C9H19N/c1-12(2)7-9(8-13(3,4)14-12)18-11(17)6-5-10(15)16;1-8(2)6-5-7-9(3,4)10-8/h9,14H,5-8H2,1-4H3,(H,15,16);10H,5-7H2,1-4H3. The number of piperidine rings is 2. The predicted octanol–water partition coefficient (Wildman–Crippen LogP) is 4.02. The van der Waals surface area contributed by atoms with Crippen LogP contribution < -0.4 is 10.6 Å². The number of carbonyl (C=O) groups is 2. The average Bonchev–Trinajstić information content (AvgIpc) is 2.39. The zero-order chi connectivity index (χ0) is 21.8. The van der Waals surface area contributed by atoms with Crippen molar-refractivity contribution in [2.45, 2.75) is 129 Å². The molecule has 2 aliphatic heterocycles. The minimum Gasteiger partial charge on any atom is -0.481 e. The summed E-state index contributed by atoms with van der Waals surface area (Å²) in [6.07, 6.45) is 5.12. The topological polar surface area (TPSA) is 87.7 Å². The highest BCUT2D eigenvalue weighted by Crippen LogP contribution is 2.30. The van der Waals surface area contributed by atoms with Gasteiger partial charge in [-0.25, -0.2) is 0 Å². The van der Waals surface area contributed by atoms with Crippen molar-refractivity contribution in [1.29, 1.82) is 0 Å². The van der Waals surface area contributed by atoms with Crippen molar-refractivity contribution in [1.82, 2.24) is 10.6 Å². The molecule has 2 rings (SSSR count). The van der Waals surface area contributed by atoms with Crippen molar-refractivity contribution >= 4 is 11.9 Å². The molecule has 0 spiro atoms. The Balaban J connectivity index is 0.000000330. The molecule has 0 atom stereocenters. The molecule has 0 saturated carbocycles. The number of ether oxygens (including phenoxy) is 1. The lowest BCUT2D eigenvalue weighted by molar-refractivity contribution is -0.155.